The van der Waals surface area contributed by atoms with E-state index < -0.39 is 16.6 Å². The third-order valence-electron chi connectivity index (χ3n) is 2.89. The molecular weight excluding hydrogens is 252 g/mol. The number of amides is 1. The number of Topliss-reactive ketones (excluding diaryl/α,β-unsaturated/α-hetero) is 2. The van der Waals surface area contributed by atoms with Crippen LogP contribution in [0.5, 0.6) is 0 Å². The molecule has 2 rings (SSSR count). The first-order chi connectivity index (χ1) is 8.95. The van der Waals surface area contributed by atoms with Crippen LogP contribution >= 0.6 is 0 Å². The smallest absolute Gasteiger partial charge is 0.298 e. The Hall–Kier alpha value is -2.57. The molecule has 1 aromatic rings. The summed E-state index contributed by atoms with van der Waals surface area (Å²) in [6, 6.07) is 3.58. The fourth-order valence-electron chi connectivity index (χ4n) is 1.85. The van der Waals surface area contributed by atoms with Gasteiger partial charge in [-0.1, -0.05) is 6.92 Å². The Kier molecular flexibility index (Phi) is 3.12. The van der Waals surface area contributed by atoms with E-state index >= 15 is 0 Å². The minimum atomic E-state index is -0.822. The van der Waals surface area contributed by atoms with E-state index in [2.05, 4.69) is 0 Å². The Labute approximate surface area is 108 Å². The lowest BCUT2D eigenvalue weighted by molar-refractivity contribution is -0.384. The molecule has 0 spiro atoms. The minimum absolute atomic E-state index is 0.0249. The van der Waals surface area contributed by atoms with Crippen molar-refractivity contribution in [2.75, 3.05) is 11.4 Å². The second-order valence-corrected chi connectivity index (χ2v) is 4.07. The van der Waals surface area contributed by atoms with E-state index in [9.17, 15) is 24.5 Å². The van der Waals surface area contributed by atoms with Crippen molar-refractivity contribution in [1.29, 1.82) is 0 Å². The standard InChI is InChI=1S/C12H10N2O5/c1-2-8(15)6-13-10-4-3-7(14(18)19)5-9(10)11(16)12(13)17/h3-5H,2,6H2,1H3. The van der Waals surface area contributed by atoms with Crippen LogP contribution in [0.25, 0.3) is 0 Å². The predicted octanol–water partition coefficient (Wildman–Crippen LogP) is 1.10. The first-order valence-corrected chi connectivity index (χ1v) is 5.62. The maximum atomic E-state index is 11.7. The molecule has 0 unspecified atom stereocenters. The van der Waals surface area contributed by atoms with Crippen LogP contribution in [0.15, 0.2) is 18.2 Å². The summed E-state index contributed by atoms with van der Waals surface area (Å²) in [7, 11) is 0. The van der Waals surface area contributed by atoms with Crippen LogP contribution in [0, 0.1) is 10.1 Å². The van der Waals surface area contributed by atoms with Gasteiger partial charge in [0.1, 0.15) is 0 Å². The number of benzene rings is 1. The SMILES string of the molecule is CCC(=O)CN1C(=O)C(=O)c2cc([N+](=O)[O-])ccc21. The molecule has 0 bridgehead atoms. The van der Waals surface area contributed by atoms with Crippen LogP contribution in [-0.2, 0) is 9.59 Å². The largest absolute Gasteiger partial charge is 0.299 e. The van der Waals surface area contributed by atoms with Crippen LogP contribution in [0.1, 0.15) is 23.7 Å². The zero-order chi connectivity index (χ0) is 14.2. The van der Waals surface area contributed by atoms with Gasteiger partial charge in [-0.05, 0) is 6.07 Å². The number of carbonyl (C=O) groups excluding carboxylic acids is 3. The van der Waals surface area contributed by atoms with E-state index in [1.807, 2.05) is 0 Å². The molecule has 1 aliphatic heterocycles. The van der Waals surface area contributed by atoms with Gasteiger partial charge in [0, 0.05) is 18.6 Å². The fourth-order valence-corrected chi connectivity index (χ4v) is 1.85. The summed E-state index contributed by atoms with van der Waals surface area (Å²) in [6.45, 7) is 1.47. The van der Waals surface area contributed by atoms with Crippen LogP contribution in [0.2, 0.25) is 0 Å². The molecule has 0 saturated heterocycles. The lowest BCUT2D eigenvalue weighted by Gasteiger charge is -2.14. The average Bonchev–Trinajstić information content (AvgIpc) is 2.63. The number of hydrogen-bond acceptors (Lipinski definition) is 5. The number of hydrogen-bond donors (Lipinski definition) is 0. The second kappa shape index (κ2) is 4.60. The quantitative estimate of drug-likeness (QED) is 0.459. The Bertz CT molecular complexity index is 608. The zero-order valence-corrected chi connectivity index (χ0v) is 10.1. The monoisotopic (exact) mass is 262 g/mol. The van der Waals surface area contributed by atoms with E-state index in [4.69, 9.17) is 0 Å². The van der Waals surface area contributed by atoms with Crippen molar-refractivity contribution in [3.8, 4) is 0 Å². The number of nitro groups is 1. The summed E-state index contributed by atoms with van der Waals surface area (Å²) in [4.78, 5) is 45.9. The highest BCUT2D eigenvalue weighted by molar-refractivity contribution is 6.52. The highest BCUT2D eigenvalue weighted by Gasteiger charge is 2.37. The number of rotatable bonds is 4. The van der Waals surface area contributed by atoms with Gasteiger partial charge in [-0.15, -0.1) is 0 Å². The number of anilines is 1. The number of nitro benzene ring substituents is 1. The van der Waals surface area contributed by atoms with Crippen molar-refractivity contribution in [3.63, 3.8) is 0 Å². The molecule has 0 saturated carbocycles. The van der Waals surface area contributed by atoms with Crippen LogP contribution < -0.4 is 4.90 Å². The molecule has 0 fully saturated rings. The topological polar surface area (TPSA) is 97.6 Å². The van der Waals surface area contributed by atoms with Crippen molar-refractivity contribution in [3.05, 3.63) is 33.9 Å². The van der Waals surface area contributed by atoms with Gasteiger partial charge in [-0.3, -0.25) is 29.4 Å². The highest BCUT2D eigenvalue weighted by atomic mass is 16.6. The molecule has 1 amide bonds. The third kappa shape index (κ3) is 2.10. The molecule has 19 heavy (non-hydrogen) atoms. The number of nitrogens with zero attached hydrogens (tertiary/aromatic N) is 2. The second-order valence-electron chi connectivity index (χ2n) is 4.07. The summed E-state index contributed by atoms with van der Waals surface area (Å²) >= 11 is 0. The lowest BCUT2D eigenvalue weighted by Crippen LogP contribution is -2.34. The van der Waals surface area contributed by atoms with Crippen LogP contribution in [-0.4, -0.2) is 28.9 Å². The maximum Gasteiger partial charge on any atom is 0.299 e. The predicted molar refractivity (Wildman–Crippen MR) is 65.1 cm³/mol. The van der Waals surface area contributed by atoms with Crippen LogP contribution in [0.3, 0.4) is 0 Å². The van der Waals surface area contributed by atoms with Crippen molar-refractivity contribution < 1.29 is 19.3 Å². The molecule has 1 aliphatic rings. The fraction of sp³-hybridized carbons (Fsp3) is 0.250. The first-order valence-electron chi connectivity index (χ1n) is 5.62. The number of carbonyl (C=O) groups is 3. The summed E-state index contributed by atoms with van der Waals surface area (Å²) in [5, 5.41) is 10.6. The lowest BCUT2D eigenvalue weighted by atomic mass is 10.1. The molecular formula is C12H10N2O5. The summed E-state index contributed by atoms with van der Waals surface area (Å²) < 4.78 is 0. The average molecular weight is 262 g/mol. The minimum Gasteiger partial charge on any atom is -0.298 e. The number of fused-ring (bicyclic) bond motifs is 1. The molecule has 0 radical (unpaired) electrons. The van der Waals surface area contributed by atoms with Gasteiger partial charge in [0.25, 0.3) is 17.4 Å². The first kappa shape index (κ1) is 12.9. The van der Waals surface area contributed by atoms with Gasteiger partial charge in [0.2, 0.25) is 0 Å². The normalized spacial score (nSPS) is 13.6. The molecule has 0 atom stereocenters. The summed E-state index contributed by atoms with van der Waals surface area (Å²) in [6.07, 6.45) is 0.250. The van der Waals surface area contributed by atoms with Crippen LogP contribution in [0.4, 0.5) is 11.4 Å². The van der Waals surface area contributed by atoms with Gasteiger partial charge in [-0.25, -0.2) is 0 Å². The molecule has 0 aliphatic carbocycles. The van der Waals surface area contributed by atoms with Gasteiger partial charge in [0.15, 0.2) is 5.78 Å². The Morgan fingerprint density at radius 3 is 2.63 bits per heavy atom. The Morgan fingerprint density at radius 2 is 2.05 bits per heavy atom. The van der Waals surface area contributed by atoms with Crippen molar-refractivity contribution in [2.24, 2.45) is 0 Å². The molecule has 0 N–H and O–H groups in total. The molecule has 1 heterocycles. The number of non-ortho nitro benzene ring substituents is 1. The molecule has 7 heteroatoms. The molecule has 1 aromatic carbocycles. The highest BCUT2D eigenvalue weighted by Crippen LogP contribution is 2.31. The molecule has 7 nitrogen and oxygen atoms in total. The zero-order valence-electron chi connectivity index (χ0n) is 10.1. The van der Waals surface area contributed by atoms with E-state index in [1.54, 1.807) is 6.92 Å². The maximum absolute atomic E-state index is 11.7. The molecule has 98 valence electrons. The van der Waals surface area contributed by atoms with Crippen molar-refractivity contribution >= 4 is 28.8 Å². The van der Waals surface area contributed by atoms with E-state index in [-0.39, 0.29) is 35.7 Å². The van der Waals surface area contributed by atoms with E-state index in [0.29, 0.717) is 0 Å². The van der Waals surface area contributed by atoms with Gasteiger partial charge in [-0.2, -0.15) is 0 Å². The van der Waals surface area contributed by atoms with Gasteiger partial charge >= 0.3 is 0 Å². The van der Waals surface area contributed by atoms with Gasteiger partial charge in [0.05, 0.1) is 22.7 Å². The summed E-state index contributed by atoms with van der Waals surface area (Å²) in [5.41, 5.74) is -0.0333. The van der Waals surface area contributed by atoms with Crippen molar-refractivity contribution in [2.45, 2.75) is 13.3 Å². The Morgan fingerprint density at radius 1 is 1.37 bits per heavy atom. The van der Waals surface area contributed by atoms with Gasteiger partial charge < -0.3 is 0 Å². The Balaban J connectivity index is 2.44. The number of ketones is 2. The van der Waals surface area contributed by atoms with E-state index in [0.717, 1.165) is 11.0 Å². The van der Waals surface area contributed by atoms with E-state index in [1.165, 1.54) is 12.1 Å². The van der Waals surface area contributed by atoms with Crippen molar-refractivity contribution in [1.82, 2.24) is 0 Å². The third-order valence-corrected chi connectivity index (χ3v) is 2.89. The molecule has 0 aromatic heterocycles. The summed E-state index contributed by atoms with van der Waals surface area (Å²) in [5.74, 6) is -1.83.